The third kappa shape index (κ3) is 3.72. The lowest BCUT2D eigenvalue weighted by Gasteiger charge is -2.36. The predicted octanol–water partition coefficient (Wildman–Crippen LogP) is 2.82. The Balaban J connectivity index is 1.73. The number of nitrogens with zero attached hydrogens (tertiary/aromatic N) is 1. The number of ether oxygens (including phenoxy) is 1. The van der Waals surface area contributed by atoms with Crippen molar-refractivity contribution in [1.82, 2.24) is 10.2 Å². The maximum absolute atomic E-state index is 12.7. The van der Waals surface area contributed by atoms with Crippen LogP contribution in [0.3, 0.4) is 0 Å². The first-order valence-corrected chi connectivity index (χ1v) is 9.02. The minimum Gasteiger partial charge on any atom is -0.493 e. The molecule has 0 radical (unpaired) electrons. The van der Waals surface area contributed by atoms with Crippen molar-refractivity contribution < 1.29 is 19.4 Å². The largest absolute Gasteiger partial charge is 0.493 e. The highest BCUT2D eigenvalue weighted by Crippen LogP contribution is 2.35. The first-order valence-electron chi connectivity index (χ1n) is 9.02. The molecule has 0 bridgehead atoms. The molecule has 2 heterocycles. The van der Waals surface area contributed by atoms with Crippen LogP contribution in [0, 0.1) is 11.8 Å². The average Bonchev–Trinajstić information content (AvgIpc) is 2.60. The normalized spacial score (nSPS) is 25.7. The van der Waals surface area contributed by atoms with Gasteiger partial charge in [0.15, 0.2) is 0 Å². The molecule has 3 unspecified atom stereocenters. The summed E-state index contributed by atoms with van der Waals surface area (Å²) in [6, 6.07) is 5.76. The van der Waals surface area contributed by atoms with Gasteiger partial charge < -0.3 is 20.1 Å². The molecule has 1 aromatic carbocycles. The van der Waals surface area contributed by atoms with E-state index in [1.165, 1.54) is 0 Å². The van der Waals surface area contributed by atoms with E-state index in [1.807, 2.05) is 25.1 Å². The highest BCUT2D eigenvalue weighted by Gasteiger charge is 2.33. The van der Waals surface area contributed by atoms with Gasteiger partial charge in [-0.2, -0.15) is 0 Å². The molecule has 3 atom stereocenters. The van der Waals surface area contributed by atoms with Gasteiger partial charge >= 0.3 is 12.0 Å². The number of fused-ring (bicyclic) bond motifs is 1. The third-order valence-electron chi connectivity index (χ3n) is 5.13. The molecular weight excluding hydrogens is 320 g/mol. The van der Waals surface area contributed by atoms with Crippen LogP contribution >= 0.6 is 0 Å². The van der Waals surface area contributed by atoms with E-state index in [9.17, 15) is 14.7 Å². The van der Waals surface area contributed by atoms with Crippen molar-refractivity contribution in [3.05, 3.63) is 29.3 Å². The first kappa shape index (κ1) is 17.6. The zero-order chi connectivity index (χ0) is 18.0. The summed E-state index contributed by atoms with van der Waals surface area (Å²) in [6.45, 7) is 5.52. The van der Waals surface area contributed by atoms with E-state index in [-0.39, 0.29) is 24.5 Å². The molecule has 2 aliphatic heterocycles. The Bertz CT molecular complexity index is 661. The molecule has 1 fully saturated rings. The van der Waals surface area contributed by atoms with Gasteiger partial charge in [0.25, 0.3) is 0 Å². The molecule has 136 valence electrons. The number of carboxylic acid groups (broad SMARTS) is 1. The van der Waals surface area contributed by atoms with Crippen molar-refractivity contribution in [2.75, 3.05) is 19.7 Å². The number of hydrogen-bond donors (Lipinski definition) is 2. The van der Waals surface area contributed by atoms with E-state index in [1.54, 1.807) is 4.90 Å². The minimum atomic E-state index is -0.826. The molecule has 25 heavy (non-hydrogen) atoms. The van der Waals surface area contributed by atoms with Crippen LogP contribution in [0.4, 0.5) is 4.79 Å². The number of amides is 2. The molecule has 6 nitrogen and oxygen atoms in total. The molecule has 2 aliphatic rings. The van der Waals surface area contributed by atoms with Gasteiger partial charge in [0, 0.05) is 25.1 Å². The van der Waals surface area contributed by atoms with Crippen LogP contribution in [0.15, 0.2) is 18.2 Å². The summed E-state index contributed by atoms with van der Waals surface area (Å²) >= 11 is 0. The third-order valence-corrected chi connectivity index (χ3v) is 5.13. The Morgan fingerprint density at radius 2 is 2.16 bits per heavy atom. The molecular formula is C19H26N2O4. The Kier molecular flexibility index (Phi) is 5.16. The number of likely N-dealkylation sites (tertiary alicyclic amines) is 1. The fourth-order valence-electron chi connectivity index (χ4n) is 3.85. The second kappa shape index (κ2) is 7.33. The number of para-hydroxylation sites is 1. The summed E-state index contributed by atoms with van der Waals surface area (Å²) < 4.78 is 5.83. The Morgan fingerprint density at radius 3 is 2.88 bits per heavy atom. The number of rotatable bonds is 3. The van der Waals surface area contributed by atoms with Crippen molar-refractivity contribution in [3.8, 4) is 5.75 Å². The summed E-state index contributed by atoms with van der Waals surface area (Å²) in [5, 5.41) is 12.4. The van der Waals surface area contributed by atoms with Crippen molar-refractivity contribution >= 4 is 12.0 Å². The molecule has 2 N–H and O–H groups in total. The zero-order valence-corrected chi connectivity index (χ0v) is 14.8. The minimum absolute atomic E-state index is 0.0942. The number of carbonyl (C=O) groups is 2. The first-order chi connectivity index (χ1) is 12.0. The summed E-state index contributed by atoms with van der Waals surface area (Å²) in [5.74, 6) is -0.234. The van der Waals surface area contributed by atoms with Crippen LogP contribution < -0.4 is 10.1 Å². The van der Waals surface area contributed by atoms with Gasteiger partial charge in [-0.1, -0.05) is 32.0 Å². The average molecular weight is 346 g/mol. The second-order valence-electron chi connectivity index (χ2n) is 7.11. The summed E-state index contributed by atoms with van der Waals surface area (Å²) in [6.07, 6.45) is 2.23. The van der Waals surface area contributed by atoms with Crippen LogP contribution in [-0.2, 0) is 11.2 Å². The molecule has 0 saturated carbocycles. The van der Waals surface area contributed by atoms with E-state index in [0.29, 0.717) is 19.6 Å². The van der Waals surface area contributed by atoms with Gasteiger partial charge in [-0.3, -0.25) is 4.79 Å². The molecule has 0 aromatic heterocycles. The fraction of sp³-hybridized carbons (Fsp3) is 0.579. The molecule has 3 rings (SSSR count). The predicted molar refractivity (Wildman–Crippen MR) is 93.7 cm³/mol. The number of aliphatic carboxylic acids is 1. The maximum atomic E-state index is 12.7. The molecule has 1 aromatic rings. The standard InChI is InChI=1S/C19H26N2O4/c1-3-13-5-4-6-15-16(7-8-25-17(13)15)20-19(24)21-10-12(2)9-14(11-21)18(22)23/h4-6,12,14,16H,3,7-11H2,1-2H3,(H,20,24)(H,22,23). The van der Waals surface area contributed by atoms with Gasteiger partial charge in [0.05, 0.1) is 18.6 Å². The summed E-state index contributed by atoms with van der Waals surface area (Å²) in [4.78, 5) is 25.7. The van der Waals surface area contributed by atoms with Gasteiger partial charge in [-0.05, 0) is 24.3 Å². The highest BCUT2D eigenvalue weighted by atomic mass is 16.5. The fourth-order valence-corrected chi connectivity index (χ4v) is 3.85. The topological polar surface area (TPSA) is 78.9 Å². The quantitative estimate of drug-likeness (QED) is 0.882. The zero-order valence-electron chi connectivity index (χ0n) is 14.8. The smallest absolute Gasteiger partial charge is 0.317 e. The van der Waals surface area contributed by atoms with Gasteiger partial charge in [-0.25, -0.2) is 4.79 Å². The number of carbonyl (C=O) groups excluding carboxylic acids is 1. The lowest BCUT2D eigenvalue weighted by atomic mass is 9.90. The summed E-state index contributed by atoms with van der Waals surface area (Å²) in [7, 11) is 0. The van der Waals surface area contributed by atoms with Gasteiger partial charge in [-0.15, -0.1) is 0 Å². The number of benzene rings is 1. The van der Waals surface area contributed by atoms with Crippen LogP contribution in [0.2, 0.25) is 0 Å². The van der Waals surface area contributed by atoms with Crippen molar-refractivity contribution in [1.29, 1.82) is 0 Å². The number of hydrogen-bond acceptors (Lipinski definition) is 3. The number of aryl methyl sites for hydroxylation is 1. The van der Waals surface area contributed by atoms with E-state index in [0.717, 1.165) is 29.7 Å². The molecule has 2 amide bonds. The van der Waals surface area contributed by atoms with Crippen molar-refractivity contribution in [2.45, 2.75) is 39.2 Å². The van der Waals surface area contributed by atoms with Gasteiger partial charge in [0.2, 0.25) is 0 Å². The second-order valence-corrected chi connectivity index (χ2v) is 7.11. The van der Waals surface area contributed by atoms with E-state index < -0.39 is 11.9 Å². The lowest BCUT2D eigenvalue weighted by Crippen LogP contribution is -2.50. The van der Waals surface area contributed by atoms with E-state index in [2.05, 4.69) is 12.2 Å². The number of piperidine rings is 1. The highest BCUT2D eigenvalue weighted by molar-refractivity contribution is 5.77. The SMILES string of the molecule is CCc1cccc2c1OCCC2NC(=O)N1CC(C)CC(C(=O)O)C1. The summed E-state index contributed by atoms with van der Waals surface area (Å²) in [5.41, 5.74) is 2.16. The Morgan fingerprint density at radius 1 is 1.36 bits per heavy atom. The van der Waals surface area contributed by atoms with E-state index in [4.69, 9.17) is 4.74 Å². The Hall–Kier alpha value is -2.24. The van der Waals surface area contributed by atoms with Crippen LogP contribution in [0.1, 0.15) is 43.9 Å². The maximum Gasteiger partial charge on any atom is 0.317 e. The van der Waals surface area contributed by atoms with Gasteiger partial charge in [0.1, 0.15) is 5.75 Å². The van der Waals surface area contributed by atoms with Crippen LogP contribution in [-0.4, -0.2) is 41.7 Å². The number of carboxylic acids is 1. The lowest BCUT2D eigenvalue weighted by molar-refractivity contribution is -0.143. The molecule has 6 heteroatoms. The van der Waals surface area contributed by atoms with Crippen LogP contribution in [0.25, 0.3) is 0 Å². The van der Waals surface area contributed by atoms with Crippen molar-refractivity contribution in [3.63, 3.8) is 0 Å². The van der Waals surface area contributed by atoms with E-state index >= 15 is 0 Å². The molecule has 1 saturated heterocycles. The number of urea groups is 1. The molecule has 0 aliphatic carbocycles. The van der Waals surface area contributed by atoms with Crippen molar-refractivity contribution in [2.24, 2.45) is 11.8 Å². The monoisotopic (exact) mass is 346 g/mol. The Labute approximate surface area is 148 Å². The number of nitrogens with one attached hydrogen (secondary N) is 1. The van der Waals surface area contributed by atoms with Crippen LogP contribution in [0.5, 0.6) is 5.75 Å². The molecule has 0 spiro atoms.